The van der Waals surface area contributed by atoms with E-state index in [1.807, 2.05) is 17.0 Å². The zero-order chi connectivity index (χ0) is 11.4. The van der Waals surface area contributed by atoms with Crippen LogP contribution in [0.4, 0.5) is 0 Å². The first-order valence-corrected chi connectivity index (χ1v) is 5.27. The lowest BCUT2D eigenvalue weighted by molar-refractivity contribution is -0.132. The molecule has 0 aliphatic carbocycles. The van der Waals surface area contributed by atoms with Crippen LogP contribution < -0.4 is 10.1 Å². The smallest absolute Gasteiger partial charge is 0.236 e. The summed E-state index contributed by atoms with van der Waals surface area (Å²) in [6.07, 6.45) is 1.68. The number of methoxy groups -OCH3 is 1. The van der Waals surface area contributed by atoms with Crippen LogP contribution in [0.3, 0.4) is 0 Å². The first-order valence-electron chi connectivity index (χ1n) is 5.27. The van der Waals surface area contributed by atoms with Gasteiger partial charge >= 0.3 is 0 Å². The molecule has 0 saturated carbocycles. The molecule has 1 amide bonds. The van der Waals surface area contributed by atoms with E-state index in [-0.39, 0.29) is 5.91 Å². The molecule has 0 radical (unpaired) electrons. The zero-order valence-corrected chi connectivity index (χ0v) is 9.27. The van der Waals surface area contributed by atoms with Gasteiger partial charge in [0.25, 0.3) is 0 Å². The minimum absolute atomic E-state index is 0.122. The molecule has 86 valence electrons. The zero-order valence-electron chi connectivity index (χ0n) is 9.27. The highest BCUT2D eigenvalue weighted by Gasteiger charge is 2.19. The number of piperazine rings is 1. The summed E-state index contributed by atoms with van der Waals surface area (Å²) >= 11 is 0. The van der Waals surface area contributed by atoms with Crippen molar-refractivity contribution in [1.82, 2.24) is 15.2 Å². The molecule has 1 fully saturated rings. The molecule has 2 heterocycles. The molecule has 5 heteroatoms. The van der Waals surface area contributed by atoms with E-state index in [9.17, 15) is 4.79 Å². The van der Waals surface area contributed by atoms with Gasteiger partial charge in [-0.3, -0.25) is 4.79 Å². The van der Waals surface area contributed by atoms with Gasteiger partial charge < -0.3 is 15.0 Å². The number of hydrogen-bond donors (Lipinski definition) is 1. The monoisotopic (exact) mass is 221 g/mol. The lowest BCUT2D eigenvalue weighted by Gasteiger charge is -2.27. The van der Waals surface area contributed by atoms with E-state index in [2.05, 4.69) is 10.3 Å². The van der Waals surface area contributed by atoms with Crippen molar-refractivity contribution >= 4 is 5.91 Å². The molecule has 16 heavy (non-hydrogen) atoms. The molecule has 0 spiro atoms. The van der Waals surface area contributed by atoms with E-state index in [1.165, 1.54) is 0 Å². The highest BCUT2D eigenvalue weighted by molar-refractivity contribution is 5.79. The van der Waals surface area contributed by atoms with Crippen LogP contribution in [0.5, 0.6) is 5.88 Å². The minimum atomic E-state index is 0.122. The molecule has 5 nitrogen and oxygen atoms in total. The van der Waals surface area contributed by atoms with Crippen molar-refractivity contribution < 1.29 is 9.53 Å². The van der Waals surface area contributed by atoms with E-state index in [0.29, 0.717) is 19.0 Å². The van der Waals surface area contributed by atoms with Crippen LogP contribution in [0.15, 0.2) is 18.3 Å². The van der Waals surface area contributed by atoms with Gasteiger partial charge in [0.2, 0.25) is 11.8 Å². The van der Waals surface area contributed by atoms with Crippen molar-refractivity contribution in [2.45, 2.75) is 6.54 Å². The number of aromatic nitrogens is 1. The van der Waals surface area contributed by atoms with Gasteiger partial charge in [-0.25, -0.2) is 4.98 Å². The van der Waals surface area contributed by atoms with Crippen molar-refractivity contribution in [3.63, 3.8) is 0 Å². The van der Waals surface area contributed by atoms with Crippen LogP contribution in [0.1, 0.15) is 5.56 Å². The maximum atomic E-state index is 11.6. The summed E-state index contributed by atoms with van der Waals surface area (Å²) in [7, 11) is 1.59. The summed E-state index contributed by atoms with van der Waals surface area (Å²) in [5.41, 5.74) is 0.945. The Morgan fingerprint density at radius 2 is 2.50 bits per heavy atom. The van der Waals surface area contributed by atoms with E-state index >= 15 is 0 Å². The number of pyridine rings is 1. The molecule has 1 aliphatic rings. The number of carbonyl (C=O) groups excluding carboxylic acids is 1. The number of carbonyl (C=O) groups is 1. The number of amides is 1. The van der Waals surface area contributed by atoms with Crippen LogP contribution in [0.2, 0.25) is 0 Å². The third kappa shape index (κ3) is 2.30. The molecule has 0 aromatic carbocycles. The predicted molar refractivity (Wildman–Crippen MR) is 59.1 cm³/mol. The van der Waals surface area contributed by atoms with Crippen molar-refractivity contribution in [1.29, 1.82) is 0 Å². The first kappa shape index (κ1) is 10.9. The van der Waals surface area contributed by atoms with Crippen molar-refractivity contribution in [3.8, 4) is 5.88 Å². The molecular formula is C11H15N3O2. The fourth-order valence-corrected chi connectivity index (χ4v) is 1.75. The molecule has 1 aromatic heterocycles. The minimum Gasteiger partial charge on any atom is -0.481 e. The first-order chi connectivity index (χ1) is 7.81. The number of nitrogens with zero attached hydrogens (tertiary/aromatic N) is 2. The van der Waals surface area contributed by atoms with Crippen molar-refractivity contribution in [2.75, 3.05) is 26.7 Å². The molecule has 1 saturated heterocycles. The fraction of sp³-hybridized carbons (Fsp3) is 0.455. The number of rotatable bonds is 3. The van der Waals surface area contributed by atoms with Gasteiger partial charge in [-0.1, -0.05) is 6.07 Å². The summed E-state index contributed by atoms with van der Waals surface area (Å²) in [4.78, 5) is 17.5. The summed E-state index contributed by atoms with van der Waals surface area (Å²) < 4.78 is 5.16. The Morgan fingerprint density at radius 3 is 3.25 bits per heavy atom. The third-order valence-electron chi connectivity index (χ3n) is 2.59. The molecule has 0 bridgehead atoms. The Balaban J connectivity index is 2.10. The van der Waals surface area contributed by atoms with E-state index in [1.54, 1.807) is 13.3 Å². The molecule has 1 N–H and O–H groups in total. The molecule has 1 aliphatic heterocycles. The van der Waals surface area contributed by atoms with Crippen LogP contribution in [-0.4, -0.2) is 42.5 Å². The van der Waals surface area contributed by atoms with Crippen molar-refractivity contribution in [2.24, 2.45) is 0 Å². The Morgan fingerprint density at radius 1 is 1.62 bits per heavy atom. The van der Waals surface area contributed by atoms with Gasteiger partial charge in [0.1, 0.15) is 0 Å². The molecular weight excluding hydrogens is 206 g/mol. The lowest BCUT2D eigenvalue weighted by atomic mass is 10.2. The summed E-state index contributed by atoms with van der Waals surface area (Å²) in [5, 5.41) is 3.04. The standard InChI is InChI=1S/C11H15N3O2/c1-16-11-9(3-2-4-13-11)8-14-6-5-12-7-10(14)15/h2-4,12H,5-8H2,1H3. The van der Waals surface area contributed by atoms with Crippen LogP contribution in [0.25, 0.3) is 0 Å². The fourth-order valence-electron chi connectivity index (χ4n) is 1.75. The van der Waals surface area contributed by atoms with Crippen LogP contribution in [0, 0.1) is 0 Å². The van der Waals surface area contributed by atoms with Gasteiger partial charge in [0.05, 0.1) is 20.2 Å². The second kappa shape index (κ2) is 4.94. The van der Waals surface area contributed by atoms with Gasteiger partial charge in [-0.2, -0.15) is 0 Å². The van der Waals surface area contributed by atoms with E-state index in [4.69, 9.17) is 4.74 Å². The second-order valence-corrected chi connectivity index (χ2v) is 3.66. The summed E-state index contributed by atoms with van der Waals surface area (Å²) in [6, 6.07) is 3.78. The molecule has 1 aromatic rings. The molecule has 0 unspecified atom stereocenters. The maximum absolute atomic E-state index is 11.6. The predicted octanol–water partition coefficient (Wildman–Crippen LogP) is 0.0220. The number of ether oxygens (including phenoxy) is 1. The topological polar surface area (TPSA) is 54.5 Å². The van der Waals surface area contributed by atoms with Crippen molar-refractivity contribution in [3.05, 3.63) is 23.9 Å². The van der Waals surface area contributed by atoms with Crippen LogP contribution in [-0.2, 0) is 11.3 Å². The Hall–Kier alpha value is -1.62. The maximum Gasteiger partial charge on any atom is 0.236 e. The highest BCUT2D eigenvalue weighted by Crippen LogP contribution is 2.16. The van der Waals surface area contributed by atoms with Gasteiger partial charge in [-0.15, -0.1) is 0 Å². The lowest BCUT2D eigenvalue weighted by Crippen LogP contribution is -2.47. The van der Waals surface area contributed by atoms with E-state index in [0.717, 1.165) is 18.7 Å². The average Bonchev–Trinajstić information content (AvgIpc) is 2.33. The van der Waals surface area contributed by atoms with Gasteiger partial charge in [0, 0.05) is 24.8 Å². The highest BCUT2D eigenvalue weighted by atomic mass is 16.5. The van der Waals surface area contributed by atoms with E-state index < -0.39 is 0 Å². The average molecular weight is 221 g/mol. The Kier molecular flexibility index (Phi) is 3.36. The largest absolute Gasteiger partial charge is 0.481 e. The second-order valence-electron chi connectivity index (χ2n) is 3.66. The third-order valence-corrected chi connectivity index (χ3v) is 2.59. The summed E-state index contributed by atoms with van der Waals surface area (Å²) in [5.74, 6) is 0.714. The van der Waals surface area contributed by atoms with Gasteiger partial charge in [0.15, 0.2) is 0 Å². The Labute approximate surface area is 94.4 Å². The number of hydrogen-bond acceptors (Lipinski definition) is 4. The Bertz CT molecular complexity index is 381. The normalized spacial score (nSPS) is 16.3. The van der Waals surface area contributed by atoms with Crippen LogP contribution >= 0.6 is 0 Å². The quantitative estimate of drug-likeness (QED) is 0.782. The SMILES string of the molecule is COc1ncccc1CN1CCNCC1=O. The summed E-state index contributed by atoms with van der Waals surface area (Å²) in [6.45, 7) is 2.56. The molecule has 2 rings (SSSR count). The van der Waals surface area contributed by atoms with Gasteiger partial charge in [-0.05, 0) is 6.07 Å². The number of nitrogens with one attached hydrogen (secondary N) is 1. The molecule has 0 atom stereocenters.